The van der Waals surface area contributed by atoms with E-state index >= 15 is 0 Å². The molecular formula is C20H33O2P. The van der Waals surface area contributed by atoms with Gasteiger partial charge in [0.1, 0.15) is 0 Å². The van der Waals surface area contributed by atoms with Crippen molar-refractivity contribution in [3.8, 4) is 0 Å². The smallest absolute Gasteiger partial charge is 0.303 e. The van der Waals surface area contributed by atoms with E-state index in [0.29, 0.717) is 6.42 Å². The van der Waals surface area contributed by atoms with Crippen molar-refractivity contribution in [2.24, 2.45) is 0 Å². The molecule has 0 amide bonds. The molecule has 0 saturated heterocycles. The maximum atomic E-state index is 10.4. The lowest BCUT2D eigenvalue weighted by atomic mass is 10.1. The Morgan fingerprint density at radius 3 is 2.09 bits per heavy atom. The molecule has 0 aliphatic heterocycles. The summed E-state index contributed by atoms with van der Waals surface area (Å²) in [7, 11) is 0.961. The van der Waals surface area contributed by atoms with E-state index < -0.39 is 5.97 Å². The molecule has 0 saturated carbocycles. The quantitative estimate of drug-likeness (QED) is 0.376. The molecule has 3 heteroatoms. The second-order valence-corrected chi connectivity index (χ2v) is 7.89. The Kier molecular flexibility index (Phi) is 11.0. The van der Waals surface area contributed by atoms with Gasteiger partial charge in [0.05, 0.1) is 0 Å². The predicted octanol–water partition coefficient (Wildman–Crippen LogP) is 5.59. The highest BCUT2D eigenvalue weighted by Crippen LogP contribution is 2.18. The van der Waals surface area contributed by atoms with Crippen LogP contribution in [0.3, 0.4) is 0 Å². The van der Waals surface area contributed by atoms with Crippen molar-refractivity contribution in [1.29, 1.82) is 0 Å². The molecule has 0 fully saturated rings. The number of carboxylic acids is 1. The summed E-state index contributed by atoms with van der Waals surface area (Å²) in [4.78, 5) is 10.4. The van der Waals surface area contributed by atoms with Gasteiger partial charge < -0.3 is 5.11 Å². The molecule has 0 radical (unpaired) electrons. The van der Waals surface area contributed by atoms with E-state index in [1.54, 1.807) is 5.30 Å². The van der Waals surface area contributed by atoms with E-state index in [1.165, 1.54) is 62.2 Å². The van der Waals surface area contributed by atoms with Crippen LogP contribution in [0, 0.1) is 13.8 Å². The van der Waals surface area contributed by atoms with Crippen molar-refractivity contribution in [1.82, 2.24) is 0 Å². The molecule has 130 valence electrons. The number of hydrogen-bond acceptors (Lipinski definition) is 1. The Bertz CT molecular complexity index is 457. The summed E-state index contributed by atoms with van der Waals surface area (Å²) in [6.07, 6.45) is 12.8. The lowest BCUT2D eigenvalue weighted by Crippen LogP contribution is -2.02. The number of aryl methyl sites for hydroxylation is 1. The van der Waals surface area contributed by atoms with Crippen molar-refractivity contribution in [3.63, 3.8) is 0 Å². The van der Waals surface area contributed by atoms with E-state index in [2.05, 4.69) is 32.0 Å². The van der Waals surface area contributed by atoms with E-state index in [-0.39, 0.29) is 0 Å². The lowest BCUT2D eigenvalue weighted by Gasteiger charge is -2.08. The van der Waals surface area contributed by atoms with Crippen LogP contribution >= 0.6 is 8.58 Å². The Labute approximate surface area is 143 Å². The number of carboxylic acid groups (broad SMARTS) is 1. The first kappa shape index (κ1) is 20.2. The zero-order valence-electron chi connectivity index (χ0n) is 14.9. The van der Waals surface area contributed by atoms with Crippen LogP contribution in [0.1, 0.15) is 75.3 Å². The zero-order chi connectivity index (χ0) is 16.9. The van der Waals surface area contributed by atoms with E-state index in [1.807, 2.05) is 0 Å². The zero-order valence-corrected chi connectivity index (χ0v) is 15.9. The SMILES string of the molecule is Cc1cccc(PCCCCCCCCCCCC(=O)O)c1C. The van der Waals surface area contributed by atoms with Gasteiger partial charge in [-0.2, -0.15) is 0 Å². The molecule has 0 spiro atoms. The molecule has 1 aromatic carbocycles. The highest BCUT2D eigenvalue weighted by atomic mass is 31.1. The molecule has 1 rings (SSSR count). The summed E-state index contributed by atoms with van der Waals surface area (Å²) in [5.74, 6) is -0.661. The van der Waals surface area contributed by atoms with Gasteiger partial charge in [0.2, 0.25) is 0 Å². The van der Waals surface area contributed by atoms with Crippen LogP contribution in [0.4, 0.5) is 0 Å². The summed E-state index contributed by atoms with van der Waals surface area (Å²) >= 11 is 0. The minimum atomic E-state index is -0.661. The Balaban J connectivity index is 1.90. The van der Waals surface area contributed by atoms with Gasteiger partial charge in [-0.1, -0.05) is 71.7 Å². The molecule has 0 heterocycles. The molecule has 1 N–H and O–H groups in total. The normalized spacial score (nSPS) is 11.4. The van der Waals surface area contributed by atoms with Crippen LogP contribution in [0.2, 0.25) is 0 Å². The molecule has 0 aliphatic carbocycles. The molecule has 0 aliphatic rings. The molecule has 1 atom stereocenters. The van der Waals surface area contributed by atoms with Crippen LogP contribution in [0.15, 0.2) is 18.2 Å². The van der Waals surface area contributed by atoms with Crippen molar-refractivity contribution in [2.45, 2.75) is 78.1 Å². The maximum absolute atomic E-state index is 10.4. The first-order chi connectivity index (χ1) is 11.1. The van der Waals surface area contributed by atoms with Crippen molar-refractivity contribution < 1.29 is 9.90 Å². The monoisotopic (exact) mass is 336 g/mol. The van der Waals surface area contributed by atoms with Gasteiger partial charge in [-0.25, -0.2) is 0 Å². The fourth-order valence-electron chi connectivity index (χ4n) is 2.80. The van der Waals surface area contributed by atoms with Crippen molar-refractivity contribution >= 4 is 19.9 Å². The van der Waals surface area contributed by atoms with Gasteiger partial charge >= 0.3 is 5.97 Å². The fourth-order valence-corrected chi connectivity index (χ4v) is 4.18. The molecule has 0 bridgehead atoms. The molecule has 1 aromatic rings. The van der Waals surface area contributed by atoms with Crippen LogP contribution in [0.5, 0.6) is 0 Å². The minimum Gasteiger partial charge on any atom is -0.481 e. The first-order valence-corrected chi connectivity index (χ1v) is 10.3. The number of carbonyl (C=O) groups is 1. The van der Waals surface area contributed by atoms with Crippen LogP contribution < -0.4 is 5.30 Å². The molecule has 0 aromatic heterocycles. The summed E-state index contributed by atoms with van der Waals surface area (Å²) in [6, 6.07) is 6.66. The van der Waals surface area contributed by atoms with Crippen molar-refractivity contribution in [2.75, 3.05) is 6.16 Å². The first-order valence-electron chi connectivity index (χ1n) is 9.13. The van der Waals surface area contributed by atoms with Gasteiger partial charge in [0, 0.05) is 6.42 Å². The van der Waals surface area contributed by atoms with Crippen molar-refractivity contribution in [3.05, 3.63) is 29.3 Å². The highest BCUT2D eigenvalue weighted by molar-refractivity contribution is 7.47. The molecule has 2 nitrogen and oxygen atoms in total. The van der Waals surface area contributed by atoms with E-state index in [9.17, 15) is 4.79 Å². The van der Waals surface area contributed by atoms with Crippen LogP contribution in [-0.2, 0) is 4.79 Å². The number of aliphatic carboxylic acids is 1. The summed E-state index contributed by atoms with van der Waals surface area (Å²) in [5.41, 5.74) is 2.90. The topological polar surface area (TPSA) is 37.3 Å². The van der Waals surface area contributed by atoms with Crippen LogP contribution in [0.25, 0.3) is 0 Å². The van der Waals surface area contributed by atoms with Gasteiger partial charge in [-0.3, -0.25) is 4.79 Å². The average molecular weight is 336 g/mol. The minimum absolute atomic E-state index is 0.335. The third kappa shape index (κ3) is 9.76. The Hall–Kier alpha value is -0.880. The highest BCUT2D eigenvalue weighted by Gasteiger charge is 2.00. The number of hydrogen-bond donors (Lipinski definition) is 1. The van der Waals surface area contributed by atoms with Gasteiger partial charge in [-0.15, -0.1) is 0 Å². The number of rotatable bonds is 13. The molecular weight excluding hydrogens is 303 g/mol. The summed E-state index contributed by atoms with van der Waals surface area (Å²) in [6.45, 7) is 4.44. The third-order valence-corrected chi connectivity index (χ3v) is 6.01. The standard InChI is InChI=1S/C20H33O2P/c1-17-13-12-14-19(18(17)2)23-16-11-9-7-5-3-4-6-8-10-15-20(21)22/h12-14,23H,3-11,15-16H2,1-2H3,(H,21,22). The molecule has 23 heavy (non-hydrogen) atoms. The van der Waals surface area contributed by atoms with Crippen LogP contribution in [-0.4, -0.2) is 17.2 Å². The second kappa shape index (κ2) is 12.5. The summed E-state index contributed by atoms with van der Waals surface area (Å²) in [5, 5.41) is 10.1. The lowest BCUT2D eigenvalue weighted by molar-refractivity contribution is -0.137. The van der Waals surface area contributed by atoms with Gasteiger partial charge in [0.25, 0.3) is 0 Å². The number of benzene rings is 1. The Morgan fingerprint density at radius 2 is 1.48 bits per heavy atom. The van der Waals surface area contributed by atoms with E-state index in [4.69, 9.17) is 5.11 Å². The summed E-state index contributed by atoms with van der Waals surface area (Å²) < 4.78 is 0. The number of unbranched alkanes of at least 4 members (excludes halogenated alkanes) is 8. The largest absolute Gasteiger partial charge is 0.481 e. The van der Waals surface area contributed by atoms with E-state index in [0.717, 1.165) is 21.4 Å². The predicted molar refractivity (Wildman–Crippen MR) is 103 cm³/mol. The molecule has 1 unspecified atom stereocenters. The van der Waals surface area contributed by atoms with Gasteiger partial charge in [0.15, 0.2) is 0 Å². The average Bonchev–Trinajstić information content (AvgIpc) is 2.52. The third-order valence-electron chi connectivity index (χ3n) is 4.49. The Morgan fingerprint density at radius 1 is 0.913 bits per heavy atom. The second-order valence-electron chi connectivity index (χ2n) is 6.50. The van der Waals surface area contributed by atoms with Gasteiger partial charge in [-0.05, 0) is 49.3 Å². The fraction of sp³-hybridized carbons (Fsp3) is 0.650. The maximum Gasteiger partial charge on any atom is 0.303 e.